The van der Waals surface area contributed by atoms with Crippen molar-refractivity contribution in [2.75, 3.05) is 11.5 Å². The number of anilines is 2. The fourth-order valence-corrected chi connectivity index (χ4v) is 2.88. The lowest BCUT2D eigenvalue weighted by Gasteiger charge is -2.08. The summed E-state index contributed by atoms with van der Waals surface area (Å²) in [5.74, 6) is 1.46. The Morgan fingerprint density at radius 2 is 1.84 bits per heavy atom. The molecule has 25 heavy (non-hydrogen) atoms. The molecule has 2 heterocycles. The Bertz CT molecular complexity index is 867. The van der Waals surface area contributed by atoms with Gasteiger partial charge in [-0.1, -0.05) is 49.4 Å². The molecule has 2 aromatic heterocycles. The highest BCUT2D eigenvalue weighted by Gasteiger charge is 2.16. The zero-order chi connectivity index (χ0) is 17.6. The first kappa shape index (κ1) is 17.0. The summed E-state index contributed by atoms with van der Waals surface area (Å²) < 4.78 is 2.12. The summed E-state index contributed by atoms with van der Waals surface area (Å²) in [6.07, 6.45) is 8.22. The Labute approximate surface area is 147 Å². The number of rotatable bonds is 7. The topological polar surface area (TPSA) is 95.6 Å². The molecule has 0 saturated heterocycles. The molecule has 0 atom stereocenters. The second kappa shape index (κ2) is 7.79. The summed E-state index contributed by atoms with van der Waals surface area (Å²) in [6, 6.07) is 10.3. The molecule has 0 amide bonds. The van der Waals surface area contributed by atoms with Gasteiger partial charge in [0, 0.05) is 13.0 Å². The first-order valence-electron chi connectivity index (χ1n) is 8.66. The molecule has 6 nitrogen and oxygen atoms in total. The molecule has 0 saturated carbocycles. The van der Waals surface area contributed by atoms with E-state index < -0.39 is 0 Å². The van der Waals surface area contributed by atoms with E-state index in [9.17, 15) is 0 Å². The number of imidazole rings is 1. The largest absolute Gasteiger partial charge is 0.382 e. The van der Waals surface area contributed by atoms with E-state index in [0.29, 0.717) is 11.3 Å². The van der Waals surface area contributed by atoms with Gasteiger partial charge in [0.2, 0.25) is 5.95 Å². The van der Waals surface area contributed by atoms with Crippen molar-refractivity contribution >= 4 is 22.9 Å². The minimum Gasteiger partial charge on any atom is -0.382 e. The van der Waals surface area contributed by atoms with Crippen LogP contribution in [0.15, 0.2) is 42.5 Å². The first-order valence-corrected chi connectivity index (χ1v) is 8.66. The molecule has 0 spiro atoms. The van der Waals surface area contributed by atoms with Gasteiger partial charge in [-0.15, -0.1) is 0 Å². The van der Waals surface area contributed by atoms with Gasteiger partial charge >= 0.3 is 0 Å². The summed E-state index contributed by atoms with van der Waals surface area (Å²) in [5.41, 5.74) is 14.3. The van der Waals surface area contributed by atoms with Gasteiger partial charge < -0.3 is 16.0 Å². The van der Waals surface area contributed by atoms with Gasteiger partial charge in [0.25, 0.3) is 0 Å². The highest BCUT2D eigenvalue weighted by atomic mass is 15.2. The third-order valence-electron chi connectivity index (χ3n) is 4.08. The van der Waals surface area contributed by atoms with Gasteiger partial charge in [0.1, 0.15) is 5.82 Å². The number of unbranched alkanes of at least 4 members (excludes halogenated alkanes) is 1. The summed E-state index contributed by atoms with van der Waals surface area (Å²) in [6.45, 7) is 2.96. The van der Waals surface area contributed by atoms with Gasteiger partial charge in [0.05, 0.1) is 0 Å². The van der Waals surface area contributed by atoms with Gasteiger partial charge in [-0.2, -0.15) is 9.97 Å². The number of hydrogen-bond donors (Lipinski definition) is 2. The highest BCUT2D eigenvalue weighted by molar-refractivity contribution is 5.83. The van der Waals surface area contributed by atoms with Crippen LogP contribution in [0, 0.1) is 0 Å². The average molecular weight is 336 g/mol. The number of nitrogens with two attached hydrogens (primary N) is 2. The predicted octanol–water partition coefficient (Wildman–Crippen LogP) is 3.33. The van der Waals surface area contributed by atoms with Crippen LogP contribution in [0.2, 0.25) is 0 Å². The number of nitrogens with zero attached hydrogens (tertiary/aromatic N) is 4. The molecular weight excluding hydrogens is 312 g/mol. The molecule has 0 fully saturated rings. The Balaban J connectivity index is 1.94. The lowest BCUT2D eigenvalue weighted by molar-refractivity contribution is 0.634. The molecule has 4 N–H and O–H groups in total. The van der Waals surface area contributed by atoms with Crippen LogP contribution in [0.3, 0.4) is 0 Å². The zero-order valence-corrected chi connectivity index (χ0v) is 14.5. The first-order chi connectivity index (χ1) is 12.2. The number of fused-ring (bicyclic) bond motifs is 1. The van der Waals surface area contributed by atoms with Crippen LogP contribution in [-0.4, -0.2) is 19.5 Å². The van der Waals surface area contributed by atoms with Crippen molar-refractivity contribution in [3.63, 3.8) is 0 Å². The quantitative estimate of drug-likeness (QED) is 0.509. The smallest absolute Gasteiger partial charge is 0.224 e. The number of aromatic nitrogens is 4. The maximum absolute atomic E-state index is 6.01. The molecule has 6 heteroatoms. The number of benzene rings is 1. The van der Waals surface area contributed by atoms with E-state index >= 15 is 0 Å². The third-order valence-corrected chi connectivity index (χ3v) is 4.08. The SMILES string of the molecule is CC/C=C/CCCn1c(Cc2ccccc2)nc2c(N)nc(N)nc21. The summed E-state index contributed by atoms with van der Waals surface area (Å²) in [5, 5.41) is 0. The molecule has 0 radical (unpaired) electrons. The molecule has 0 aliphatic rings. The Hall–Kier alpha value is -2.89. The molecule has 0 unspecified atom stereocenters. The minimum atomic E-state index is 0.184. The predicted molar refractivity (Wildman–Crippen MR) is 102 cm³/mol. The maximum Gasteiger partial charge on any atom is 0.224 e. The second-order valence-corrected chi connectivity index (χ2v) is 6.00. The Morgan fingerprint density at radius 3 is 2.60 bits per heavy atom. The van der Waals surface area contributed by atoms with Crippen LogP contribution in [0.5, 0.6) is 0 Å². The van der Waals surface area contributed by atoms with Crippen LogP contribution in [0.25, 0.3) is 11.2 Å². The van der Waals surface area contributed by atoms with Crippen molar-refractivity contribution in [2.24, 2.45) is 0 Å². The van der Waals surface area contributed by atoms with Crippen LogP contribution < -0.4 is 11.5 Å². The fourth-order valence-electron chi connectivity index (χ4n) is 2.88. The molecule has 1 aromatic carbocycles. The van der Waals surface area contributed by atoms with E-state index in [-0.39, 0.29) is 5.95 Å². The molecule has 130 valence electrons. The van der Waals surface area contributed by atoms with Crippen molar-refractivity contribution in [1.82, 2.24) is 19.5 Å². The van der Waals surface area contributed by atoms with Crippen LogP contribution in [0.4, 0.5) is 11.8 Å². The highest BCUT2D eigenvalue weighted by Crippen LogP contribution is 2.22. The Kier molecular flexibility index (Phi) is 5.28. The molecular formula is C19H24N6. The standard InChI is InChI=1S/C19H24N6/c1-2-3-4-5-9-12-25-15(13-14-10-7-6-8-11-14)22-16-17(20)23-19(21)24-18(16)25/h3-4,6-8,10-11H,2,5,9,12-13H2,1H3,(H4,20,21,23,24)/b4-3+. The lowest BCUT2D eigenvalue weighted by atomic mass is 10.1. The summed E-state index contributed by atoms with van der Waals surface area (Å²) in [4.78, 5) is 13.1. The van der Waals surface area contributed by atoms with Gasteiger partial charge in [-0.25, -0.2) is 4.98 Å². The van der Waals surface area contributed by atoms with Crippen molar-refractivity contribution in [3.8, 4) is 0 Å². The van der Waals surface area contributed by atoms with Crippen molar-refractivity contribution in [3.05, 3.63) is 53.9 Å². The van der Waals surface area contributed by atoms with Crippen molar-refractivity contribution in [1.29, 1.82) is 0 Å². The molecule has 3 rings (SSSR count). The van der Waals surface area contributed by atoms with Crippen molar-refractivity contribution in [2.45, 2.75) is 39.2 Å². The maximum atomic E-state index is 6.01. The minimum absolute atomic E-state index is 0.184. The molecule has 3 aromatic rings. The van der Waals surface area contributed by atoms with Gasteiger partial charge in [-0.05, 0) is 24.8 Å². The van der Waals surface area contributed by atoms with Crippen LogP contribution in [0.1, 0.15) is 37.6 Å². The summed E-state index contributed by atoms with van der Waals surface area (Å²) >= 11 is 0. The van der Waals surface area contributed by atoms with E-state index in [1.54, 1.807) is 0 Å². The zero-order valence-electron chi connectivity index (χ0n) is 14.5. The number of nitrogen functional groups attached to an aromatic ring is 2. The number of aryl methyl sites for hydroxylation is 1. The van der Waals surface area contributed by atoms with Gasteiger partial charge in [0.15, 0.2) is 17.0 Å². The third kappa shape index (κ3) is 3.96. The normalized spacial score (nSPS) is 11.6. The number of hydrogen-bond acceptors (Lipinski definition) is 5. The average Bonchev–Trinajstić information content (AvgIpc) is 2.93. The van der Waals surface area contributed by atoms with Crippen molar-refractivity contribution < 1.29 is 0 Å². The van der Waals surface area contributed by atoms with E-state index in [2.05, 4.69) is 45.7 Å². The van der Waals surface area contributed by atoms with Crippen LogP contribution in [-0.2, 0) is 13.0 Å². The van der Waals surface area contributed by atoms with Gasteiger partial charge in [-0.3, -0.25) is 0 Å². The number of allylic oxidation sites excluding steroid dienone is 2. The lowest BCUT2D eigenvalue weighted by Crippen LogP contribution is -2.07. The molecule has 0 bridgehead atoms. The van der Waals surface area contributed by atoms with E-state index in [1.165, 1.54) is 5.56 Å². The van der Waals surface area contributed by atoms with E-state index in [1.807, 2.05) is 18.2 Å². The molecule has 0 aliphatic carbocycles. The fraction of sp³-hybridized carbons (Fsp3) is 0.316. The second-order valence-electron chi connectivity index (χ2n) is 6.00. The Morgan fingerprint density at radius 1 is 1.04 bits per heavy atom. The van der Waals surface area contributed by atoms with Crippen LogP contribution >= 0.6 is 0 Å². The van der Waals surface area contributed by atoms with E-state index in [0.717, 1.165) is 43.7 Å². The molecule has 0 aliphatic heterocycles. The monoisotopic (exact) mass is 336 g/mol. The summed E-state index contributed by atoms with van der Waals surface area (Å²) in [7, 11) is 0. The van der Waals surface area contributed by atoms with E-state index in [4.69, 9.17) is 16.5 Å².